The number of methoxy groups -OCH3 is 1. The summed E-state index contributed by atoms with van der Waals surface area (Å²) < 4.78 is 10.6. The maximum Gasteiger partial charge on any atom is 0.358 e. The highest BCUT2D eigenvalue weighted by Crippen LogP contribution is 2.26. The fraction of sp³-hybridized carbons (Fsp3) is 0.267. The monoisotopic (exact) mass is 288 g/mol. The van der Waals surface area contributed by atoms with E-state index in [1.54, 1.807) is 31.4 Å². The van der Waals surface area contributed by atoms with Gasteiger partial charge >= 0.3 is 5.97 Å². The molecular weight excluding hydrogens is 272 g/mol. The third-order valence-corrected chi connectivity index (χ3v) is 2.78. The van der Waals surface area contributed by atoms with E-state index >= 15 is 0 Å². The van der Waals surface area contributed by atoms with Crippen LogP contribution < -0.4 is 9.47 Å². The molecule has 0 aliphatic rings. The van der Waals surface area contributed by atoms with E-state index in [4.69, 9.17) is 9.47 Å². The topological polar surface area (TPSA) is 81.5 Å². The van der Waals surface area contributed by atoms with Crippen molar-refractivity contribution in [2.75, 3.05) is 7.11 Å². The lowest BCUT2D eigenvalue weighted by Gasteiger charge is -2.10. The van der Waals surface area contributed by atoms with Crippen LogP contribution in [0.15, 0.2) is 30.5 Å². The molecule has 2 aromatic rings. The van der Waals surface area contributed by atoms with Crippen molar-refractivity contribution in [3.8, 4) is 17.2 Å². The molecule has 21 heavy (non-hydrogen) atoms. The van der Waals surface area contributed by atoms with Crippen molar-refractivity contribution < 1.29 is 19.4 Å². The van der Waals surface area contributed by atoms with Crippen LogP contribution in [-0.4, -0.2) is 28.2 Å². The Bertz CT molecular complexity index is 639. The predicted molar refractivity (Wildman–Crippen MR) is 76.1 cm³/mol. The molecule has 0 spiro atoms. The number of carbonyl (C=O) groups is 1. The maximum atomic E-state index is 11.3. The van der Waals surface area contributed by atoms with Gasteiger partial charge in [-0.2, -0.15) is 0 Å². The molecule has 0 amide bonds. The number of benzene rings is 1. The number of rotatable bonds is 5. The zero-order valence-corrected chi connectivity index (χ0v) is 12.0. The van der Waals surface area contributed by atoms with E-state index in [0.717, 1.165) is 0 Å². The molecule has 0 fully saturated rings. The van der Waals surface area contributed by atoms with E-state index in [1.807, 2.05) is 13.8 Å². The lowest BCUT2D eigenvalue weighted by molar-refractivity contribution is 0.0686. The number of ether oxygens (including phenoxy) is 2. The maximum absolute atomic E-state index is 11.3. The van der Waals surface area contributed by atoms with Crippen LogP contribution in [0.2, 0.25) is 0 Å². The highest BCUT2D eigenvalue weighted by Gasteiger charge is 2.17. The highest BCUT2D eigenvalue weighted by molar-refractivity contribution is 5.88. The first kappa shape index (κ1) is 14.8. The minimum absolute atomic E-state index is 0.0399. The van der Waals surface area contributed by atoms with E-state index in [9.17, 15) is 9.90 Å². The lowest BCUT2D eigenvalue weighted by atomic mass is 10.2. The van der Waals surface area contributed by atoms with Gasteiger partial charge in [0, 0.05) is 5.92 Å². The molecule has 0 aliphatic heterocycles. The third kappa shape index (κ3) is 3.47. The van der Waals surface area contributed by atoms with Crippen LogP contribution in [0.25, 0.3) is 0 Å². The molecule has 6 nitrogen and oxygen atoms in total. The Kier molecular flexibility index (Phi) is 4.37. The van der Waals surface area contributed by atoms with Gasteiger partial charge in [0.2, 0.25) is 0 Å². The van der Waals surface area contributed by atoms with Crippen LogP contribution in [0.3, 0.4) is 0 Å². The molecule has 0 saturated carbocycles. The number of hydrogen-bond donors (Lipinski definition) is 1. The molecule has 1 N–H and O–H groups in total. The second-order valence-corrected chi connectivity index (χ2v) is 4.68. The average Bonchev–Trinajstić information content (AvgIpc) is 2.48. The summed E-state index contributed by atoms with van der Waals surface area (Å²) in [6, 6.07) is 6.81. The van der Waals surface area contributed by atoms with Crippen LogP contribution in [-0.2, 0) is 0 Å². The first-order chi connectivity index (χ1) is 10.0. The van der Waals surface area contributed by atoms with Crippen molar-refractivity contribution in [2.45, 2.75) is 19.8 Å². The van der Waals surface area contributed by atoms with E-state index < -0.39 is 5.97 Å². The molecule has 110 valence electrons. The summed E-state index contributed by atoms with van der Waals surface area (Å²) >= 11 is 0. The fourth-order valence-corrected chi connectivity index (χ4v) is 1.66. The van der Waals surface area contributed by atoms with Gasteiger partial charge in [-0.25, -0.2) is 14.8 Å². The first-order valence-electron chi connectivity index (χ1n) is 6.43. The molecule has 0 radical (unpaired) electrons. The summed E-state index contributed by atoms with van der Waals surface area (Å²) in [5.41, 5.74) is -0.149. The van der Waals surface area contributed by atoms with Gasteiger partial charge in [-0.3, -0.25) is 0 Å². The predicted octanol–water partition coefficient (Wildman–Crippen LogP) is 3.10. The Labute approximate surface area is 122 Å². The molecule has 0 atom stereocenters. The van der Waals surface area contributed by atoms with Gasteiger partial charge in [-0.05, 0) is 24.3 Å². The molecule has 0 unspecified atom stereocenters. The number of carboxylic acids is 1. The van der Waals surface area contributed by atoms with Gasteiger partial charge in [-0.15, -0.1) is 0 Å². The quantitative estimate of drug-likeness (QED) is 0.910. The smallest absolute Gasteiger partial charge is 0.358 e. The number of hydrogen-bond acceptors (Lipinski definition) is 5. The van der Waals surface area contributed by atoms with Crippen LogP contribution in [0.1, 0.15) is 36.1 Å². The van der Waals surface area contributed by atoms with Crippen LogP contribution in [0.4, 0.5) is 0 Å². The van der Waals surface area contributed by atoms with Crippen LogP contribution in [0, 0.1) is 0 Å². The Hall–Kier alpha value is -2.63. The Morgan fingerprint density at radius 3 is 2.33 bits per heavy atom. The Balaban J connectivity index is 2.31. The molecule has 0 bridgehead atoms. The van der Waals surface area contributed by atoms with Crippen molar-refractivity contribution in [1.29, 1.82) is 0 Å². The molecule has 0 saturated heterocycles. The van der Waals surface area contributed by atoms with Crippen LogP contribution >= 0.6 is 0 Å². The van der Waals surface area contributed by atoms with Gasteiger partial charge in [-0.1, -0.05) is 13.8 Å². The third-order valence-electron chi connectivity index (χ3n) is 2.78. The minimum atomic E-state index is -1.15. The molecule has 2 rings (SSSR count). The van der Waals surface area contributed by atoms with Crippen molar-refractivity contribution in [3.63, 3.8) is 0 Å². The van der Waals surface area contributed by atoms with Gasteiger partial charge in [0.15, 0.2) is 11.4 Å². The Morgan fingerprint density at radius 1 is 1.19 bits per heavy atom. The summed E-state index contributed by atoms with van der Waals surface area (Å²) in [5, 5.41) is 9.24. The minimum Gasteiger partial charge on any atom is -0.497 e. The standard InChI is InChI=1S/C15H16N2O4/c1-9(2)14-16-8-12(13(17-14)15(18)19)21-11-6-4-10(20-3)5-7-11/h4-9H,1-3H3,(H,18,19). The fourth-order valence-electron chi connectivity index (χ4n) is 1.66. The average molecular weight is 288 g/mol. The molecule has 1 aromatic carbocycles. The largest absolute Gasteiger partial charge is 0.497 e. The Morgan fingerprint density at radius 2 is 1.81 bits per heavy atom. The zero-order chi connectivity index (χ0) is 15.4. The number of aromatic nitrogens is 2. The number of nitrogens with zero attached hydrogens (tertiary/aromatic N) is 2. The first-order valence-corrected chi connectivity index (χ1v) is 6.43. The van der Waals surface area contributed by atoms with E-state index in [0.29, 0.717) is 17.3 Å². The lowest BCUT2D eigenvalue weighted by Crippen LogP contribution is -2.08. The summed E-state index contributed by atoms with van der Waals surface area (Å²) in [6.07, 6.45) is 1.38. The van der Waals surface area contributed by atoms with Gasteiger partial charge in [0.05, 0.1) is 13.3 Å². The summed E-state index contributed by atoms with van der Waals surface area (Å²) in [5.74, 6) is 0.638. The van der Waals surface area contributed by atoms with E-state index in [2.05, 4.69) is 9.97 Å². The molecular formula is C15H16N2O4. The van der Waals surface area contributed by atoms with Gasteiger partial charge in [0.25, 0.3) is 0 Å². The molecule has 0 aliphatic carbocycles. The van der Waals surface area contributed by atoms with E-state index in [1.165, 1.54) is 6.20 Å². The SMILES string of the molecule is COc1ccc(Oc2cnc(C(C)C)nc2C(=O)O)cc1. The highest BCUT2D eigenvalue weighted by atomic mass is 16.5. The van der Waals surface area contributed by atoms with Crippen molar-refractivity contribution in [2.24, 2.45) is 0 Å². The second kappa shape index (κ2) is 6.21. The van der Waals surface area contributed by atoms with Crippen molar-refractivity contribution >= 4 is 5.97 Å². The normalized spacial score (nSPS) is 10.5. The summed E-state index contributed by atoms with van der Waals surface area (Å²) in [4.78, 5) is 19.5. The van der Waals surface area contributed by atoms with Gasteiger partial charge < -0.3 is 14.6 Å². The summed E-state index contributed by atoms with van der Waals surface area (Å²) in [6.45, 7) is 3.79. The van der Waals surface area contributed by atoms with E-state index in [-0.39, 0.29) is 17.4 Å². The number of carboxylic acid groups (broad SMARTS) is 1. The van der Waals surface area contributed by atoms with Crippen molar-refractivity contribution in [1.82, 2.24) is 9.97 Å². The van der Waals surface area contributed by atoms with Gasteiger partial charge in [0.1, 0.15) is 17.3 Å². The van der Waals surface area contributed by atoms with Crippen molar-refractivity contribution in [3.05, 3.63) is 42.0 Å². The number of aromatic carboxylic acids is 1. The molecule has 1 heterocycles. The summed E-state index contributed by atoms with van der Waals surface area (Å²) in [7, 11) is 1.57. The zero-order valence-electron chi connectivity index (χ0n) is 12.0. The molecule has 6 heteroatoms. The molecule has 1 aromatic heterocycles. The second-order valence-electron chi connectivity index (χ2n) is 4.68. The van der Waals surface area contributed by atoms with Crippen LogP contribution in [0.5, 0.6) is 17.2 Å².